The third-order valence-corrected chi connectivity index (χ3v) is 2.95. The molecule has 0 aliphatic heterocycles. The number of nitrogens with zero attached hydrogens (tertiary/aromatic N) is 2. The van der Waals surface area contributed by atoms with Crippen LogP contribution in [0.1, 0.15) is 25.5 Å². The zero-order valence-corrected chi connectivity index (χ0v) is 11.1. The van der Waals surface area contributed by atoms with Gasteiger partial charge in [-0.05, 0) is 19.5 Å². The molecule has 0 spiro atoms. The molecule has 3 nitrogen and oxygen atoms in total. The largest absolute Gasteiger partial charge is 0.387 e. The minimum absolute atomic E-state index is 0.0736. The Balaban J connectivity index is 2.72. The van der Waals surface area contributed by atoms with Crippen molar-refractivity contribution < 1.29 is 13.9 Å². The van der Waals surface area contributed by atoms with E-state index in [1.54, 1.807) is 6.92 Å². The maximum atomic E-state index is 13.5. The van der Waals surface area contributed by atoms with Crippen molar-refractivity contribution in [3.05, 3.63) is 35.4 Å². The molecule has 0 radical (unpaired) electrons. The molecule has 0 saturated heterocycles. The van der Waals surface area contributed by atoms with Crippen LogP contribution in [-0.2, 0) is 0 Å². The normalized spacial score (nSPS) is 14.2. The summed E-state index contributed by atoms with van der Waals surface area (Å²) >= 11 is 0. The predicted octanol–water partition coefficient (Wildman–Crippen LogP) is 2.48. The molecule has 104 valence electrons. The van der Waals surface area contributed by atoms with E-state index < -0.39 is 17.7 Å². The zero-order chi connectivity index (χ0) is 14.4. The number of hydrogen-bond acceptors (Lipinski definition) is 3. The molecule has 0 saturated carbocycles. The van der Waals surface area contributed by atoms with Crippen molar-refractivity contribution in [2.75, 3.05) is 19.6 Å². The lowest BCUT2D eigenvalue weighted by atomic mass is 10.1. The fourth-order valence-corrected chi connectivity index (χ4v) is 1.88. The molecule has 0 aromatic heterocycles. The van der Waals surface area contributed by atoms with Crippen LogP contribution in [0.4, 0.5) is 8.78 Å². The minimum Gasteiger partial charge on any atom is -0.387 e. The van der Waals surface area contributed by atoms with Gasteiger partial charge in [-0.15, -0.1) is 0 Å². The van der Waals surface area contributed by atoms with Crippen molar-refractivity contribution in [3.8, 4) is 6.07 Å². The molecular weight excluding hydrogens is 250 g/mol. The Morgan fingerprint density at radius 1 is 1.37 bits per heavy atom. The molecule has 19 heavy (non-hydrogen) atoms. The first-order valence-corrected chi connectivity index (χ1v) is 6.22. The van der Waals surface area contributed by atoms with Gasteiger partial charge >= 0.3 is 0 Å². The Bertz CT molecular complexity index is 459. The molecule has 1 aromatic carbocycles. The standard InChI is InChI=1S/C14H18F2N2O/c1-3-18(8-10(2)7-17)9-14(19)12-5-4-11(15)6-13(12)16/h4-6,10,14,19H,3,8-9H2,1-2H3. The number of aliphatic hydroxyl groups is 1. The minimum atomic E-state index is -1.04. The molecule has 0 aliphatic rings. The molecule has 1 aromatic rings. The summed E-state index contributed by atoms with van der Waals surface area (Å²) in [5.41, 5.74) is 0.0736. The van der Waals surface area contributed by atoms with Crippen molar-refractivity contribution >= 4 is 0 Å². The summed E-state index contributed by atoms with van der Waals surface area (Å²) in [5, 5.41) is 18.8. The second-order valence-corrected chi connectivity index (χ2v) is 4.56. The van der Waals surface area contributed by atoms with Gasteiger partial charge in [0.05, 0.1) is 18.1 Å². The van der Waals surface area contributed by atoms with Gasteiger partial charge in [0.25, 0.3) is 0 Å². The van der Waals surface area contributed by atoms with E-state index in [1.807, 2.05) is 11.8 Å². The predicted molar refractivity (Wildman–Crippen MR) is 68.2 cm³/mol. The van der Waals surface area contributed by atoms with E-state index in [2.05, 4.69) is 6.07 Å². The molecule has 0 aliphatic carbocycles. The van der Waals surface area contributed by atoms with Crippen LogP contribution in [0.3, 0.4) is 0 Å². The van der Waals surface area contributed by atoms with Gasteiger partial charge in [-0.3, -0.25) is 4.90 Å². The van der Waals surface area contributed by atoms with E-state index in [0.717, 1.165) is 12.1 Å². The van der Waals surface area contributed by atoms with Gasteiger partial charge in [-0.1, -0.05) is 13.0 Å². The zero-order valence-electron chi connectivity index (χ0n) is 11.1. The molecule has 2 unspecified atom stereocenters. The number of likely N-dealkylation sites (N-methyl/N-ethyl adjacent to an activating group) is 1. The topological polar surface area (TPSA) is 47.3 Å². The molecular formula is C14H18F2N2O. The van der Waals surface area contributed by atoms with Gasteiger partial charge < -0.3 is 5.11 Å². The van der Waals surface area contributed by atoms with Crippen LogP contribution in [0.2, 0.25) is 0 Å². The van der Waals surface area contributed by atoms with E-state index in [9.17, 15) is 13.9 Å². The summed E-state index contributed by atoms with van der Waals surface area (Å²) in [6, 6.07) is 5.24. The molecule has 1 N–H and O–H groups in total. The molecule has 2 atom stereocenters. The van der Waals surface area contributed by atoms with E-state index in [0.29, 0.717) is 13.1 Å². The van der Waals surface area contributed by atoms with E-state index in [-0.39, 0.29) is 18.0 Å². The monoisotopic (exact) mass is 268 g/mol. The summed E-state index contributed by atoms with van der Waals surface area (Å²) in [4.78, 5) is 1.86. The second-order valence-electron chi connectivity index (χ2n) is 4.56. The number of hydrogen-bond donors (Lipinski definition) is 1. The summed E-state index contributed by atoms with van der Waals surface area (Å²) in [6.45, 7) is 5.05. The second kappa shape index (κ2) is 7.17. The highest BCUT2D eigenvalue weighted by atomic mass is 19.1. The molecule has 0 amide bonds. The lowest BCUT2D eigenvalue weighted by Gasteiger charge is -2.24. The number of rotatable bonds is 6. The number of aliphatic hydroxyl groups excluding tert-OH is 1. The Hall–Kier alpha value is -1.51. The summed E-state index contributed by atoms with van der Waals surface area (Å²) in [6.07, 6.45) is -1.04. The average Bonchev–Trinajstić information content (AvgIpc) is 2.37. The smallest absolute Gasteiger partial charge is 0.131 e. The molecule has 0 heterocycles. The quantitative estimate of drug-likeness (QED) is 0.862. The van der Waals surface area contributed by atoms with E-state index in [1.165, 1.54) is 6.07 Å². The van der Waals surface area contributed by atoms with E-state index in [4.69, 9.17) is 5.26 Å². The highest BCUT2D eigenvalue weighted by Gasteiger charge is 2.17. The van der Waals surface area contributed by atoms with Crippen molar-refractivity contribution in [3.63, 3.8) is 0 Å². The number of halogens is 2. The number of nitriles is 1. The summed E-state index contributed by atoms with van der Waals surface area (Å²) < 4.78 is 26.3. The maximum absolute atomic E-state index is 13.5. The highest BCUT2D eigenvalue weighted by molar-refractivity contribution is 5.21. The fourth-order valence-electron chi connectivity index (χ4n) is 1.88. The van der Waals surface area contributed by atoms with Gasteiger partial charge in [0.15, 0.2) is 0 Å². The van der Waals surface area contributed by atoms with Gasteiger partial charge in [-0.2, -0.15) is 5.26 Å². The van der Waals surface area contributed by atoms with Crippen molar-refractivity contribution in [1.82, 2.24) is 4.90 Å². The first kappa shape index (κ1) is 15.5. The van der Waals surface area contributed by atoms with Crippen LogP contribution in [0.5, 0.6) is 0 Å². The van der Waals surface area contributed by atoms with Gasteiger partial charge in [-0.25, -0.2) is 8.78 Å². The first-order chi connectivity index (χ1) is 8.97. The van der Waals surface area contributed by atoms with E-state index >= 15 is 0 Å². The molecule has 0 fully saturated rings. The average molecular weight is 268 g/mol. The summed E-state index contributed by atoms with van der Waals surface area (Å²) in [7, 11) is 0. The lowest BCUT2D eigenvalue weighted by molar-refractivity contribution is 0.109. The van der Waals surface area contributed by atoms with Crippen LogP contribution in [-0.4, -0.2) is 29.6 Å². The van der Waals surface area contributed by atoms with Crippen LogP contribution < -0.4 is 0 Å². The van der Waals surface area contributed by atoms with Crippen molar-refractivity contribution in [2.24, 2.45) is 5.92 Å². The van der Waals surface area contributed by atoms with Crippen LogP contribution in [0.15, 0.2) is 18.2 Å². The Morgan fingerprint density at radius 2 is 2.05 bits per heavy atom. The maximum Gasteiger partial charge on any atom is 0.131 e. The van der Waals surface area contributed by atoms with Crippen molar-refractivity contribution in [1.29, 1.82) is 5.26 Å². The van der Waals surface area contributed by atoms with Gasteiger partial charge in [0.2, 0.25) is 0 Å². The lowest BCUT2D eigenvalue weighted by Crippen LogP contribution is -2.32. The Kier molecular flexibility index (Phi) is 5.87. The van der Waals surface area contributed by atoms with Crippen molar-refractivity contribution in [2.45, 2.75) is 20.0 Å². The Morgan fingerprint density at radius 3 is 2.58 bits per heavy atom. The Labute approximate surface area is 112 Å². The van der Waals surface area contributed by atoms with Crippen LogP contribution in [0, 0.1) is 28.9 Å². The van der Waals surface area contributed by atoms with Gasteiger partial charge in [0.1, 0.15) is 11.6 Å². The number of benzene rings is 1. The fraction of sp³-hybridized carbons (Fsp3) is 0.500. The molecule has 0 bridgehead atoms. The van der Waals surface area contributed by atoms with Crippen LogP contribution >= 0.6 is 0 Å². The first-order valence-electron chi connectivity index (χ1n) is 6.22. The van der Waals surface area contributed by atoms with Gasteiger partial charge in [0, 0.05) is 24.7 Å². The highest BCUT2D eigenvalue weighted by Crippen LogP contribution is 2.19. The van der Waals surface area contributed by atoms with Crippen LogP contribution in [0.25, 0.3) is 0 Å². The molecule has 5 heteroatoms. The third kappa shape index (κ3) is 4.58. The summed E-state index contributed by atoms with van der Waals surface area (Å²) in [5.74, 6) is -1.58. The SMILES string of the molecule is CCN(CC(C)C#N)CC(O)c1ccc(F)cc1F. The third-order valence-electron chi connectivity index (χ3n) is 2.95. The molecule has 1 rings (SSSR count).